The molecule has 1 atom stereocenters. The van der Waals surface area contributed by atoms with Crippen LogP contribution in [-0.4, -0.2) is 30.8 Å². The van der Waals surface area contributed by atoms with Crippen LogP contribution in [0.1, 0.15) is 36.8 Å². The van der Waals surface area contributed by atoms with Gasteiger partial charge in [0.1, 0.15) is 11.3 Å². The third-order valence-electron chi connectivity index (χ3n) is 5.12. The number of aliphatic hydroxyl groups is 1. The molecule has 0 aliphatic heterocycles. The predicted octanol–water partition coefficient (Wildman–Crippen LogP) is 1.07. The molecule has 0 heterocycles. The lowest BCUT2D eigenvalue weighted by Crippen LogP contribution is -2.55. The number of nitrogens with one attached hydrogen (secondary N) is 1. The van der Waals surface area contributed by atoms with Gasteiger partial charge in [-0.1, -0.05) is 12.1 Å². The number of benzene rings is 1. The first-order valence-electron chi connectivity index (χ1n) is 7.95. The Balaban J connectivity index is 1.70. The van der Waals surface area contributed by atoms with Crippen molar-refractivity contribution < 1.29 is 14.6 Å². The molecular weight excluding hydrogens is 280 g/mol. The Morgan fingerprint density at radius 1 is 1.50 bits per heavy atom. The molecule has 22 heavy (non-hydrogen) atoms. The molecule has 3 rings (SSSR count). The molecule has 1 saturated carbocycles. The highest BCUT2D eigenvalue weighted by Gasteiger charge is 2.44. The minimum atomic E-state index is -0.952. The van der Waals surface area contributed by atoms with E-state index in [0.29, 0.717) is 12.3 Å². The third-order valence-corrected chi connectivity index (χ3v) is 5.12. The number of aliphatic hydroxyl groups excluding tert-OH is 1. The molecule has 0 aromatic heterocycles. The highest BCUT2D eigenvalue weighted by molar-refractivity contribution is 5.89. The molecule has 0 radical (unpaired) electrons. The summed E-state index contributed by atoms with van der Waals surface area (Å²) in [4.78, 5) is 12.7. The maximum atomic E-state index is 12.7. The number of carbonyl (C=O) groups is 1. The Bertz CT molecular complexity index is 569. The number of nitrogens with two attached hydrogens (primary N) is 1. The van der Waals surface area contributed by atoms with Gasteiger partial charge in [0.15, 0.2) is 0 Å². The fourth-order valence-electron chi connectivity index (χ4n) is 3.71. The van der Waals surface area contributed by atoms with E-state index in [1.807, 2.05) is 18.2 Å². The summed E-state index contributed by atoms with van der Waals surface area (Å²) < 4.78 is 5.37. The van der Waals surface area contributed by atoms with E-state index in [-0.39, 0.29) is 18.6 Å². The van der Waals surface area contributed by atoms with Gasteiger partial charge in [-0.15, -0.1) is 0 Å². The highest BCUT2D eigenvalue weighted by Crippen LogP contribution is 2.40. The van der Waals surface area contributed by atoms with Gasteiger partial charge < -0.3 is 20.9 Å². The number of amides is 1. The van der Waals surface area contributed by atoms with E-state index in [9.17, 15) is 4.79 Å². The third kappa shape index (κ3) is 2.48. The zero-order chi connectivity index (χ0) is 15.7. The van der Waals surface area contributed by atoms with Gasteiger partial charge in [0.2, 0.25) is 5.91 Å². The van der Waals surface area contributed by atoms with Crippen LogP contribution in [0.5, 0.6) is 5.75 Å². The second kappa shape index (κ2) is 5.89. The molecule has 2 aliphatic carbocycles. The summed E-state index contributed by atoms with van der Waals surface area (Å²) in [5, 5.41) is 12.0. The predicted molar refractivity (Wildman–Crippen MR) is 83.5 cm³/mol. The molecule has 1 unspecified atom stereocenters. The summed E-state index contributed by atoms with van der Waals surface area (Å²) in [6.07, 6.45) is 4.07. The summed E-state index contributed by atoms with van der Waals surface area (Å²) in [6, 6.07) is 5.92. The average Bonchev–Trinajstić information content (AvgIpc) is 2.84. The fraction of sp³-hybridized carbons (Fsp3) is 0.588. The van der Waals surface area contributed by atoms with Crippen molar-refractivity contribution in [3.8, 4) is 5.75 Å². The Morgan fingerprint density at radius 3 is 2.95 bits per heavy atom. The van der Waals surface area contributed by atoms with Crippen molar-refractivity contribution in [2.75, 3.05) is 13.7 Å². The normalized spacial score (nSPS) is 29.6. The van der Waals surface area contributed by atoms with Crippen LogP contribution < -0.4 is 15.8 Å². The van der Waals surface area contributed by atoms with E-state index in [4.69, 9.17) is 15.6 Å². The maximum Gasteiger partial charge on any atom is 0.244 e. The van der Waals surface area contributed by atoms with Gasteiger partial charge in [-0.05, 0) is 55.2 Å². The average molecular weight is 304 g/mol. The van der Waals surface area contributed by atoms with Crippen molar-refractivity contribution in [2.45, 2.75) is 43.7 Å². The van der Waals surface area contributed by atoms with Crippen molar-refractivity contribution in [1.82, 2.24) is 5.32 Å². The molecule has 2 aliphatic rings. The first-order valence-corrected chi connectivity index (χ1v) is 7.95. The Hall–Kier alpha value is -1.59. The van der Waals surface area contributed by atoms with E-state index in [2.05, 4.69) is 5.32 Å². The molecule has 0 spiro atoms. The van der Waals surface area contributed by atoms with Crippen molar-refractivity contribution in [3.05, 3.63) is 29.3 Å². The van der Waals surface area contributed by atoms with Crippen molar-refractivity contribution >= 4 is 5.91 Å². The van der Waals surface area contributed by atoms with Crippen LogP contribution in [0.4, 0.5) is 0 Å². The quantitative estimate of drug-likeness (QED) is 0.760. The number of ether oxygens (including phenoxy) is 1. The minimum absolute atomic E-state index is 0.0908. The lowest BCUT2D eigenvalue weighted by atomic mass is 9.78. The largest absolute Gasteiger partial charge is 0.496 e. The van der Waals surface area contributed by atoms with Crippen LogP contribution in [0.25, 0.3) is 0 Å². The van der Waals surface area contributed by atoms with Gasteiger partial charge in [0, 0.05) is 12.6 Å². The molecule has 5 nitrogen and oxygen atoms in total. The van der Waals surface area contributed by atoms with Gasteiger partial charge in [-0.25, -0.2) is 0 Å². The van der Waals surface area contributed by atoms with Crippen LogP contribution in [-0.2, 0) is 16.8 Å². The molecule has 5 heteroatoms. The molecule has 1 aromatic rings. The summed E-state index contributed by atoms with van der Waals surface area (Å²) >= 11 is 0. The van der Waals surface area contributed by atoms with Crippen molar-refractivity contribution in [2.24, 2.45) is 11.7 Å². The van der Waals surface area contributed by atoms with Crippen molar-refractivity contribution in [3.63, 3.8) is 0 Å². The first kappa shape index (κ1) is 15.3. The summed E-state index contributed by atoms with van der Waals surface area (Å²) in [7, 11) is 1.64. The SMILES string of the molecule is COc1cccc2c1CCC2(N)C(=O)NC1CC(CCO)C1. The van der Waals surface area contributed by atoms with Gasteiger partial charge in [-0.3, -0.25) is 4.79 Å². The smallest absolute Gasteiger partial charge is 0.244 e. The highest BCUT2D eigenvalue weighted by atomic mass is 16.5. The molecule has 1 amide bonds. The van der Waals surface area contributed by atoms with Gasteiger partial charge in [0.05, 0.1) is 7.11 Å². The zero-order valence-electron chi connectivity index (χ0n) is 13.0. The van der Waals surface area contributed by atoms with Gasteiger partial charge in [-0.2, -0.15) is 0 Å². The van der Waals surface area contributed by atoms with Gasteiger partial charge in [0.25, 0.3) is 0 Å². The minimum Gasteiger partial charge on any atom is -0.496 e. The van der Waals surface area contributed by atoms with Crippen molar-refractivity contribution in [1.29, 1.82) is 0 Å². The molecule has 1 fully saturated rings. The van der Waals surface area contributed by atoms with Crippen LogP contribution >= 0.6 is 0 Å². The molecule has 120 valence electrons. The van der Waals surface area contributed by atoms with Crippen LogP contribution in [0.3, 0.4) is 0 Å². The standard InChI is InChI=1S/C17H24N2O3/c1-22-15-4-2-3-14-13(15)5-7-17(14,18)16(21)19-12-9-11(10-12)6-8-20/h2-4,11-12,20H,5-10,18H2,1H3,(H,19,21). The van der Waals surface area contributed by atoms with Crippen LogP contribution in [0.2, 0.25) is 0 Å². The second-order valence-corrected chi connectivity index (χ2v) is 6.48. The monoisotopic (exact) mass is 304 g/mol. The Kier molecular flexibility index (Phi) is 4.10. The van der Waals surface area contributed by atoms with E-state index < -0.39 is 5.54 Å². The summed E-state index contributed by atoms with van der Waals surface area (Å²) in [5.74, 6) is 1.25. The molecule has 4 N–H and O–H groups in total. The second-order valence-electron chi connectivity index (χ2n) is 6.48. The van der Waals surface area contributed by atoms with E-state index in [0.717, 1.165) is 42.6 Å². The number of methoxy groups -OCH3 is 1. The number of fused-ring (bicyclic) bond motifs is 1. The van der Waals surface area contributed by atoms with Crippen LogP contribution in [0.15, 0.2) is 18.2 Å². The zero-order valence-corrected chi connectivity index (χ0v) is 13.0. The maximum absolute atomic E-state index is 12.7. The molecular formula is C17H24N2O3. The Morgan fingerprint density at radius 2 is 2.27 bits per heavy atom. The number of hydrogen-bond donors (Lipinski definition) is 3. The van der Waals surface area contributed by atoms with E-state index in [1.54, 1.807) is 7.11 Å². The Labute approximate surface area is 130 Å². The van der Waals surface area contributed by atoms with E-state index in [1.165, 1.54) is 0 Å². The summed E-state index contributed by atoms with van der Waals surface area (Å²) in [6.45, 7) is 0.222. The lowest BCUT2D eigenvalue weighted by molar-refractivity contribution is -0.128. The topological polar surface area (TPSA) is 84.6 Å². The first-order chi connectivity index (χ1) is 10.6. The number of hydrogen-bond acceptors (Lipinski definition) is 4. The fourth-order valence-corrected chi connectivity index (χ4v) is 3.71. The van der Waals surface area contributed by atoms with E-state index >= 15 is 0 Å². The lowest BCUT2D eigenvalue weighted by Gasteiger charge is -2.37. The number of carbonyl (C=O) groups excluding carboxylic acids is 1. The van der Waals surface area contributed by atoms with Crippen LogP contribution in [0, 0.1) is 5.92 Å². The number of rotatable bonds is 5. The molecule has 0 bridgehead atoms. The molecule has 1 aromatic carbocycles. The molecule has 0 saturated heterocycles. The summed E-state index contributed by atoms with van der Waals surface area (Å²) in [5.41, 5.74) is 7.43. The van der Waals surface area contributed by atoms with Gasteiger partial charge >= 0.3 is 0 Å².